The van der Waals surface area contributed by atoms with Gasteiger partial charge in [0.05, 0.1) is 5.69 Å². The highest BCUT2D eigenvalue weighted by molar-refractivity contribution is 5.91. The third-order valence-electron chi connectivity index (χ3n) is 1.94. The molecule has 5 heteroatoms. The van der Waals surface area contributed by atoms with Crippen LogP contribution in [0.25, 0.3) is 0 Å². The number of nitrogens with zero attached hydrogens (tertiary/aromatic N) is 3. The number of hydrogen-bond acceptors (Lipinski definition) is 3. The second kappa shape index (κ2) is 4.21. The summed E-state index contributed by atoms with van der Waals surface area (Å²) in [6.45, 7) is 6.90. The topological polar surface area (TPSA) is 73.8 Å². The summed E-state index contributed by atoms with van der Waals surface area (Å²) in [5.41, 5.74) is 6.30. The molecule has 1 amide bonds. The maximum Gasteiger partial charge on any atom is 0.271 e. The van der Waals surface area contributed by atoms with Gasteiger partial charge < -0.3 is 5.73 Å². The molecule has 1 heterocycles. The molecular weight excluding hydrogens is 180 g/mol. The highest BCUT2D eigenvalue weighted by Gasteiger charge is 2.15. The Kier molecular flexibility index (Phi) is 3.22. The van der Waals surface area contributed by atoms with Crippen molar-refractivity contribution < 1.29 is 4.79 Å². The van der Waals surface area contributed by atoms with Gasteiger partial charge >= 0.3 is 0 Å². The van der Waals surface area contributed by atoms with Crippen LogP contribution in [0.2, 0.25) is 0 Å². The Bertz CT molecular complexity index is 330. The number of rotatable bonds is 4. The van der Waals surface area contributed by atoms with Crippen LogP contribution in [-0.2, 0) is 13.0 Å². The van der Waals surface area contributed by atoms with Crippen LogP contribution in [0.1, 0.15) is 37.0 Å². The lowest BCUT2D eigenvalue weighted by Gasteiger charge is -2.07. The molecule has 0 aliphatic rings. The van der Waals surface area contributed by atoms with Gasteiger partial charge in [-0.15, -0.1) is 5.10 Å². The van der Waals surface area contributed by atoms with E-state index in [4.69, 9.17) is 5.73 Å². The predicted octanol–water partition coefficient (Wildman–Crippen LogP) is 0.595. The zero-order chi connectivity index (χ0) is 10.7. The molecule has 2 N–H and O–H groups in total. The second-order valence-electron chi connectivity index (χ2n) is 3.68. The van der Waals surface area contributed by atoms with Crippen molar-refractivity contribution in [1.29, 1.82) is 0 Å². The lowest BCUT2D eigenvalue weighted by Crippen LogP contribution is -2.15. The van der Waals surface area contributed by atoms with Crippen molar-refractivity contribution >= 4 is 5.91 Å². The van der Waals surface area contributed by atoms with Crippen LogP contribution < -0.4 is 5.73 Å². The zero-order valence-electron chi connectivity index (χ0n) is 8.82. The third-order valence-corrected chi connectivity index (χ3v) is 1.94. The van der Waals surface area contributed by atoms with Gasteiger partial charge in [-0.2, -0.15) is 0 Å². The van der Waals surface area contributed by atoms with Crippen molar-refractivity contribution in [1.82, 2.24) is 15.0 Å². The third kappa shape index (κ3) is 2.10. The zero-order valence-corrected chi connectivity index (χ0v) is 8.82. The van der Waals surface area contributed by atoms with Crippen molar-refractivity contribution in [3.63, 3.8) is 0 Å². The molecular formula is C9H16N4O. The summed E-state index contributed by atoms with van der Waals surface area (Å²) in [5, 5.41) is 7.69. The van der Waals surface area contributed by atoms with E-state index in [1.165, 1.54) is 0 Å². The molecule has 0 radical (unpaired) electrons. The fraction of sp³-hybridized carbons (Fsp3) is 0.667. The van der Waals surface area contributed by atoms with E-state index in [9.17, 15) is 4.79 Å². The number of amides is 1. The van der Waals surface area contributed by atoms with Crippen LogP contribution in [0.3, 0.4) is 0 Å². The van der Waals surface area contributed by atoms with Crippen molar-refractivity contribution in [2.24, 2.45) is 11.7 Å². The molecule has 0 spiro atoms. The van der Waals surface area contributed by atoms with E-state index in [2.05, 4.69) is 24.2 Å². The van der Waals surface area contributed by atoms with Crippen molar-refractivity contribution in [3.8, 4) is 0 Å². The first-order chi connectivity index (χ1) is 6.56. The smallest absolute Gasteiger partial charge is 0.271 e. The van der Waals surface area contributed by atoms with Gasteiger partial charge in [0.25, 0.3) is 5.91 Å². The lowest BCUT2D eigenvalue weighted by molar-refractivity contribution is 0.0994. The SMILES string of the molecule is CCc1c(C(N)=O)nnn1CC(C)C. The Morgan fingerprint density at radius 2 is 2.21 bits per heavy atom. The van der Waals surface area contributed by atoms with Gasteiger partial charge in [-0.3, -0.25) is 4.79 Å². The molecule has 0 bridgehead atoms. The van der Waals surface area contributed by atoms with E-state index >= 15 is 0 Å². The molecule has 0 aromatic carbocycles. The van der Waals surface area contributed by atoms with Crippen molar-refractivity contribution in [2.45, 2.75) is 33.7 Å². The van der Waals surface area contributed by atoms with Crippen LogP contribution in [-0.4, -0.2) is 20.9 Å². The summed E-state index contributed by atoms with van der Waals surface area (Å²) < 4.78 is 1.75. The number of carbonyl (C=O) groups excluding carboxylic acids is 1. The molecule has 1 rings (SSSR count). The predicted molar refractivity (Wildman–Crippen MR) is 52.8 cm³/mol. The van der Waals surface area contributed by atoms with E-state index in [0.29, 0.717) is 11.6 Å². The van der Waals surface area contributed by atoms with Gasteiger partial charge in [0.15, 0.2) is 5.69 Å². The average Bonchev–Trinajstić information content (AvgIpc) is 2.46. The molecule has 0 unspecified atom stereocenters. The molecule has 0 aliphatic carbocycles. The molecule has 1 aromatic rings. The lowest BCUT2D eigenvalue weighted by atomic mass is 10.2. The minimum Gasteiger partial charge on any atom is -0.364 e. The quantitative estimate of drug-likeness (QED) is 0.766. The van der Waals surface area contributed by atoms with Crippen molar-refractivity contribution in [3.05, 3.63) is 11.4 Å². The standard InChI is InChI=1S/C9H16N4O/c1-4-7-8(9(10)14)11-12-13(7)5-6(2)3/h6H,4-5H2,1-3H3,(H2,10,14). The summed E-state index contributed by atoms with van der Waals surface area (Å²) in [6, 6.07) is 0. The molecule has 0 saturated heterocycles. The highest BCUT2D eigenvalue weighted by atomic mass is 16.1. The summed E-state index contributed by atoms with van der Waals surface area (Å²) in [4.78, 5) is 11.0. The van der Waals surface area contributed by atoms with Crippen LogP contribution in [0.4, 0.5) is 0 Å². The molecule has 14 heavy (non-hydrogen) atoms. The number of carbonyl (C=O) groups is 1. The fourth-order valence-corrected chi connectivity index (χ4v) is 1.37. The number of primary amides is 1. The summed E-state index contributed by atoms with van der Waals surface area (Å²) in [6.07, 6.45) is 0.720. The first-order valence-electron chi connectivity index (χ1n) is 4.78. The Hall–Kier alpha value is -1.39. The number of hydrogen-bond donors (Lipinski definition) is 1. The minimum absolute atomic E-state index is 0.299. The van der Waals surface area contributed by atoms with Gasteiger partial charge in [0.1, 0.15) is 0 Å². The van der Waals surface area contributed by atoms with Crippen LogP contribution >= 0.6 is 0 Å². The molecule has 0 atom stereocenters. The van der Waals surface area contributed by atoms with Crippen LogP contribution in [0.5, 0.6) is 0 Å². The summed E-state index contributed by atoms with van der Waals surface area (Å²) >= 11 is 0. The fourth-order valence-electron chi connectivity index (χ4n) is 1.37. The first-order valence-corrected chi connectivity index (χ1v) is 4.78. The highest BCUT2D eigenvalue weighted by Crippen LogP contribution is 2.08. The molecule has 1 aromatic heterocycles. The number of nitrogens with two attached hydrogens (primary N) is 1. The maximum absolute atomic E-state index is 11.0. The Morgan fingerprint density at radius 3 is 2.64 bits per heavy atom. The molecule has 0 saturated carbocycles. The summed E-state index contributed by atoms with van der Waals surface area (Å²) in [7, 11) is 0. The van der Waals surface area contributed by atoms with E-state index in [1.54, 1.807) is 4.68 Å². The monoisotopic (exact) mass is 196 g/mol. The average molecular weight is 196 g/mol. The largest absolute Gasteiger partial charge is 0.364 e. The molecule has 0 aliphatic heterocycles. The minimum atomic E-state index is -0.503. The van der Waals surface area contributed by atoms with Crippen LogP contribution in [0.15, 0.2) is 0 Å². The van der Waals surface area contributed by atoms with Gasteiger partial charge in [-0.05, 0) is 12.3 Å². The Labute approximate surface area is 83.3 Å². The van der Waals surface area contributed by atoms with E-state index in [-0.39, 0.29) is 0 Å². The molecule has 0 fully saturated rings. The van der Waals surface area contributed by atoms with Crippen LogP contribution in [0, 0.1) is 5.92 Å². The van der Waals surface area contributed by atoms with Gasteiger partial charge in [0.2, 0.25) is 0 Å². The summed E-state index contributed by atoms with van der Waals surface area (Å²) in [5.74, 6) is -0.0282. The number of aromatic nitrogens is 3. The Balaban J connectivity index is 3.01. The Morgan fingerprint density at radius 1 is 1.57 bits per heavy atom. The first kappa shape index (κ1) is 10.7. The van der Waals surface area contributed by atoms with Crippen molar-refractivity contribution in [2.75, 3.05) is 0 Å². The van der Waals surface area contributed by atoms with Gasteiger partial charge in [-0.1, -0.05) is 26.0 Å². The second-order valence-corrected chi connectivity index (χ2v) is 3.68. The van der Waals surface area contributed by atoms with Gasteiger partial charge in [0, 0.05) is 6.54 Å². The molecule has 78 valence electrons. The van der Waals surface area contributed by atoms with Gasteiger partial charge in [-0.25, -0.2) is 4.68 Å². The maximum atomic E-state index is 11.0. The molecule has 5 nitrogen and oxygen atoms in total. The van der Waals surface area contributed by atoms with E-state index in [1.807, 2.05) is 6.92 Å². The van der Waals surface area contributed by atoms with E-state index < -0.39 is 5.91 Å². The van der Waals surface area contributed by atoms with E-state index in [0.717, 1.165) is 18.7 Å². The normalized spacial score (nSPS) is 10.9.